The first-order chi connectivity index (χ1) is 11.5. The second-order valence-corrected chi connectivity index (χ2v) is 6.38. The molecule has 6 nitrogen and oxygen atoms in total. The molecule has 0 saturated carbocycles. The molecule has 0 bridgehead atoms. The van der Waals surface area contributed by atoms with Gasteiger partial charge in [-0.3, -0.25) is 9.59 Å². The summed E-state index contributed by atoms with van der Waals surface area (Å²) in [6.07, 6.45) is 5.43. The molecule has 1 aromatic carbocycles. The summed E-state index contributed by atoms with van der Waals surface area (Å²) in [5.74, 6) is -0.546. The Balaban J connectivity index is 1.68. The first kappa shape index (κ1) is 16.2. The van der Waals surface area contributed by atoms with Gasteiger partial charge in [0.25, 0.3) is 0 Å². The standard InChI is InChI=1S/C18H22N4O2/c1-13-7-8-15(18(19)24)12-21(13)17(23)9-14-10-20-22(11-14)16-5-3-2-4-6-16/h2-6,10-11,13,15H,7-9,12H2,1H3,(H2,19,24)/t13-,15+/m0/s1. The molecule has 1 aliphatic rings. The molecule has 126 valence electrons. The minimum absolute atomic E-state index is 0.0149. The first-order valence-electron chi connectivity index (χ1n) is 8.22. The second-order valence-electron chi connectivity index (χ2n) is 6.38. The predicted octanol–water partition coefficient (Wildman–Crippen LogP) is 1.53. The van der Waals surface area contributed by atoms with Crippen molar-refractivity contribution in [2.75, 3.05) is 6.54 Å². The van der Waals surface area contributed by atoms with Crippen LogP contribution in [0.3, 0.4) is 0 Å². The highest BCUT2D eigenvalue weighted by Crippen LogP contribution is 2.22. The number of primary amides is 1. The van der Waals surface area contributed by atoms with E-state index in [1.54, 1.807) is 15.8 Å². The smallest absolute Gasteiger partial charge is 0.227 e. The number of hydrogen-bond donors (Lipinski definition) is 1. The third-order valence-corrected chi connectivity index (χ3v) is 4.62. The van der Waals surface area contributed by atoms with E-state index in [-0.39, 0.29) is 30.2 Å². The molecule has 2 N–H and O–H groups in total. The molecule has 0 spiro atoms. The van der Waals surface area contributed by atoms with Gasteiger partial charge in [0.1, 0.15) is 0 Å². The molecule has 0 unspecified atom stereocenters. The van der Waals surface area contributed by atoms with E-state index in [1.807, 2.05) is 43.5 Å². The number of carbonyl (C=O) groups excluding carboxylic acids is 2. The molecule has 2 atom stereocenters. The minimum Gasteiger partial charge on any atom is -0.369 e. The van der Waals surface area contributed by atoms with E-state index in [0.29, 0.717) is 6.54 Å². The van der Waals surface area contributed by atoms with Gasteiger partial charge in [0.05, 0.1) is 24.2 Å². The summed E-state index contributed by atoms with van der Waals surface area (Å²) >= 11 is 0. The number of nitrogens with two attached hydrogens (primary N) is 1. The van der Waals surface area contributed by atoms with E-state index in [9.17, 15) is 9.59 Å². The fourth-order valence-electron chi connectivity index (χ4n) is 3.14. The van der Waals surface area contributed by atoms with Gasteiger partial charge >= 0.3 is 0 Å². The average Bonchev–Trinajstić information content (AvgIpc) is 3.04. The summed E-state index contributed by atoms with van der Waals surface area (Å²) in [6.45, 7) is 2.44. The van der Waals surface area contributed by atoms with Crippen molar-refractivity contribution >= 4 is 11.8 Å². The number of carbonyl (C=O) groups is 2. The molecule has 1 fully saturated rings. The van der Waals surface area contributed by atoms with E-state index < -0.39 is 0 Å². The Hall–Kier alpha value is -2.63. The van der Waals surface area contributed by atoms with Crippen LogP contribution in [0.25, 0.3) is 5.69 Å². The quantitative estimate of drug-likeness (QED) is 0.925. The Labute approximate surface area is 141 Å². The minimum atomic E-state index is -0.323. The van der Waals surface area contributed by atoms with Gasteiger partial charge in [-0.1, -0.05) is 18.2 Å². The predicted molar refractivity (Wildman–Crippen MR) is 90.4 cm³/mol. The van der Waals surface area contributed by atoms with Crippen molar-refractivity contribution < 1.29 is 9.59 Å². The first-order valence-corrected chi connectivity index (χ1v) is 8.22. The summed E-state index contributed by atoms with van der Waals surface area (Å²) in [5, 5.41) is 4.32. The van der Waals surface area contributed by atoms with Crippen LogP contribution in [0.15, 0.2) is 42.7 Å². The van der Waals surface area contributed by atoms with Crippen LogP contribution in [0.1, 0.15) is 25.3 Å². The van der Waals surface area contributed by atoms with Gasteiger partial charge < -0.3 is 10.6 Å². The van der Waals surface area contributed by atoms with E-state index in [1.165, 1.54) is 0 Å². The third-order valence-electron chi connectivity index (χ3n) is 4.62. The number of benzene rings is 1. The van der Waals surface area contributed by atoms with Crippen LogP contribution in [-0.2, 0) is 16.0 Å². The highest BCUT2D eigenvalue weighted by molar-refractivity contribution is 5.81. The van der Waals surface area contributed by atoms with Gasteiger partial charge in [-0.25, -0.2) is 4.68 Å². The fourth-order valence-corrected chi connectivity index (χ4v) is 3.14. The van der Waals surface area contributed by atoms with Crippen LogP contribution < -0.4 is 5.73 Å². The fraction of sp³-hybridized carbons (Fsp3) is 0.389. The number of amides is 2. The maximum absolute atomic E-state index is 12.6. The average molecular weight is 326 g/mol. The molecular formula is C18H22N4O2. The molecule has 1 saturated heterocycles. The zero-order valence-electron chi connectivity index (χ0n) is 13.8. The topological polar surface area (TPSA) is 81.2 Å². The Kier molecular flexibility index (Phi) is 4.64. The largest absolute Gasteiger partial charge is 0.369 e. The molecule has 0 radical (unpaired) electrons. The van der Waals surface area contributed by atoms with Crippen LogP contribution in [0.4, 0.5) is 0 Å². The molecule has 3 rings (SSSR count). The van der Waals surface area contributed by atoms with Crippen molar-refractivity contribution in [2.45, 2.75) is 32.2 Å². The molecule has 1 aromatic heterocycles. The van der Waals surface area contributed by atoms with Gasteiger partial charge in [0.2, 0.25) is 11.8 Å². The normalized spacial score (nSPS) is 20.8. The lowest BCUT2D eigenvalue weighted by Crippen LogP contribution is -2.49. The maximum atomic E-state index is 12.6. The number of aromatic nitrogens is 2. The maximum Gasteiger partial charge on any atom is 0.227 e. The molecular weight excluding hydrogens is 304 g/mol. The summed E-state index contributed by atoms with van der Waals surface area (Å²) in [4.78, 5) is 25.8. The molecule has 2 amide bonds. The molecule has 1 aliphatic heterocycles. The Morgan fingerprint density at radius 3 is 2.71 bits per heavy atom. The SMILES string of the molecule is C[C@H]1CC[C@@H](C(N)=O)CN1C(=O)Cc1cnn(-c2ccccc2)c1. The van der Waals surface area contributed by atoms with Crippen molar-refractivity contribution in [3.05, 3.63) is 48.3 Å². The van der Waals surface area contributed by atoms with Gasteiger partial charge in [-0.05, 0) is 37.5 Å². The number of para-hydroxylation sites is 1. The van der Waals surface area contributed by atoms with Gasteiger partial charge in [0, 0.05) is 18.8 Å². The van der Waals surface area contributed by atoms with E-state index >= 15 is 0 Å². The monoisotopic (exact) mass is 326 g/mol. The summed E-state index contributed by atoms with van der Waals surface area (Å²) in [6, 6.07) is 9.90. The van der Waals surface area contributed by atoms with Crippen LogP contribution >= 0.6 is 0 Å². The second kappa shape index (κ2) is 6.86. The van der Waals surface area contributed by atoms with Crippen molar-refractivity contribution in [2.24, 2.45) is 11.7 Å². The number of rotatable bonds is 4. The van der Waals surface area contributed by atoms with Crippen LogP contribution in [0.2, 0.25) is 0 Å². The van der Waals surface area contributed by atoms with E-state index in [2.05, 4.69) is 5.10 Å². The molecule has 0 aliphatic carbocycles. The Bertz CT molecular complexity index is 726. The van der Waals surface area contributed by atoms with E-state index in [0.717, 1.165) is 24.1 Å². The Morgan fingerprint density at radius 1 is 1.25 bits per heavy atom. The summed E-state index contributed by atoms with van der Waals surface area (Å²) in [5.41, 5.74) is 7.22. The highest BCUT2D eigenvalue weighted by Gasteiger charge is 2.31. The van der Waals surface area contributed by atoms with Crippen molar-refractivity contribution in [3.63, 3.8) is 0 Å². The van der Waals surface area contributed by atoms with Crippen LogP contribution in [-0.4, -0.2) is 39.1 Å². The van der Waals surface area contributed by atoms with Gasteiger partial charge in [0.15, 0.2) is 0 Å². The summed E-state index contributed by atoms with van der Waals surface area (Å²) in [7, 11) is 0. The van der Waals surface area contributed by atoms with Crippen molar-refractivity contribution in [1.82, 2.24) is 14.7 Å². The van der Waals surface area contributed by atoms with Crippen LogP contribution in [0, 0.1) is 5.92 Å². The Morgan fingerprint density at radius 2 is 2.00 bits per heavy atom. The molecule has 2 heterocycles. The molecule has 6 heteroatoms. The van der Waals surface area contributed by atoms with Gasteiger partial charge in [-0.2, -0.15) is 5.10 Å². The van der Waals surface area contributed by atoms with Crippen molar-refractivity contribution in [1.29, 1.82) is 0 Å². The zero-order chi connectivity index (χ0) is 17.1. The number of hydrogen-bond acceptors (Lipinski definition) is 3. The van der Waals surface area contributed by atoms with Crippen LogP contribution in [0.5, 0.6) is 0 Å². The lowest BCUT2D eigenvalue weighted by Gasteiger charge is -2.37. The lowest BCUT2D eigenvalue weighted by atomic mass is 9.92. The number of nitrogens with zero attached hydrogens (tertiary/aromatic N) is 3. The number of likely N-dealkylation sites (tertiary alicyclic amines) is 1. The number of piperidine rings is 1. The highest BCUT2D eigenvalue weighted by atomic mass is 16.2. The summed E-state index contributed by atoms with van der Waals surface area (Å²) < 4.78 is 1.76. The zero-order valence-corrected chi connectivity index (χ0v) is 13.8. The molecule has 24 heavy (non-hydrogen) atoms. The third kappa shape index (κ3) is 3.48. The van der Waals surface area contributed by atoms with Crippen molar-refractivity contribution in [3.8, 4) is 5.69 Å². The molecule has 2 aromatic rings. The van der Waals surface area contributed by atoms with E-state index in [4.69, 9.17) is 5.73 Å². The lowest BCUT2D eigenvalue weighted by molar-refractivity contribution is -0.136. The van der Waals surface area contributed by atoms with Gasteiger partial charge in [-0.15, -0.1) is 0 Å².